The van der Waals surface area contributed by atoms with E-state index in [2.05, 4.69) is 10.3 Å². The second kappa shape index (κ2) is 8.31. The third-order valence-electron chi connectivity index (χ3n) is 5.81. The number of nitrogens with zero attached hydrogens (tertiary/aromatic N) is 2. The number of hydrogen-bond acceptors (Lipinski definition) is 3. The minimum Gasteiger partial charge on any atom is -0.322 e. The number of pyridine rings is 1. The summed E-state index contributed by atoms with van der Waals surface area (Å²) < 4.78 is 0. The molecular formula is C22H24ClN3O2. The molecule has 0 bridgehead atoms. The Hall–Kier alpha value is -2.40. The van der Waals surface area contributed by atoms with Crippen molar-refractivity contribution < 1.29 is 9.59 Å². The van der Waals surface area contributed by atoms with Crippen molar-refractivity contribution in [2.24, 2.45) is 5.92 Å². The van der Waals surface area contributed by atoms with Gasteiger partial charge < -0.3 is 10.2 Å². The monoisotopic (exact) mass is 397 g/mol. The molecule has 146 valence electrons. The van der Waals surface area contributed by atoms with Crippen LogP contribution in [0.3, 0.4) is 0 Å². The fourth-order valence-electron chi connectivity index (χ4n) is 4.33. The molecule has 2 heterocycles. The highest BCUT2D eigenvalue weighted by Crippen LogP contribution is 2.34. The number of amides is 2. The van der Waals surface area contributed by atoms with Crippen molar-refractivity contribution in [1.82, 2.24) is 9.88 Å². The molecule has 1 fully saturated rings. The van der Waals surface area contributed by atoms with E-state index in [1.807, 2.05) is 6.07 Å². The Labute approximate surface area is 170 Å². The average molecular weight is 398 g/mol. The fraction of sp³-hybridized carbons (Fsp3) is 0.409. The Balaban J connectivity index is 1.58. The van der Waals surface area contributed by atoms with Crippen LogP contribution >= 0.6 is 11.6 Å². The maximum Gasteiger partial charge on any atom is 0.255 e. The lowest BCUT2D eigenvalue weighted by molar-refractivity contribution is -0.121. The minimum absolute atomic E-state index is 0.116. The van der Waals surface area contributed by atoms with E-state index >= 15 is 0 Å². The summed E-state index contributed by atoms with van der Waals surface area (Å²) in [7, 11) is 0. The Kier molecular flexibility index (Phi) is 5.62. The van der Waals surface area contributed by atoms with Crippen LogP contribution in [0.2, 0.25) is 5.02 Å². The van der Waals surface area contributed by atoms with Crippen LogP contribution in [0.15, 0.2) is 42.6 Å². The van der Waals surface area contributed by atoms with Gasteiger partial charge in [0.2, 0.25) is 5.91 Å². The van der Waals surface area contributed by atoms with E-state index in [1.165, 1.54) is 19.3 Å². The molecule has 0 radical (unpaired) electrons. The maximum atomic E-state index is 13.2. The summed E-state index contributed by atoms with van der Waals surface area (Å²) in [5.41, 5.74) is 1.42. The van der Waals surface area contributed by atoms with Crippen LogP contribution in [-0.4, -0.2) is 27.7 Å². The maximum absolute atomic E-state index is 13.2. The number of benzene rings is 1. The molecule has 1 atom stereocenters. The molecular weight excluding hydrogens is 374 g/mol. The van der Waals surface area contributed by atoms with E-state index in [0.717, 1.165) is 18.4 Å². The highest BCUT2D eigenvalue weighted by atomic mass is 35.5. The average Bonchev–Trinajstić information content (AvgIpc) is 3.05. The molecule has 1 aliphatic heterocycles. The molecule has 6 heteroatoms. The number of aromatic nitrogens is 1. The predicted octanol–water partition coefficient (Wildman–Crippen LogP) is 4.67. The summed E-state index contributed by atoms with van der Waals surface area (Å²) in [6, 6.07) is 10.2. The summed E-state index contributed by atoms with van der Waals surface area (Å²) in [6.07, 6.45) is 8.19. The molecule has 0 spiro atoms. The number of halogens is 1. The third-order valence-corrected chi connectivity index (χ3v) is 6.17. The zero-order valence-electron chi connectivity index (χ0n) is 15.7. The molecule has 1 aliphatic carbocycles. The Bertz CT molecular complexity index is 865. The summed E-state index contributed by atoms with van der Waals surface area (Å²) in [5, 5.41) is 3.47. The minimum atomic E-state index is -0.527. The number of fused-ring (bicyclic) bond motifs is 1. The molecule has 2 aromatic rings. The topological polar surface area (TPSA) is 62.3 Å². The first-order chi connectivity index (χ1) is 13.6. The van der Waals surface area contributed by atoms with E-state index in [9.17, 15) is 9.59 Å². The Morgan fingerprint density at radius 1 is 1.18 bits per heavy atom. The van der Waals surface area contributed by atoms with E-state index < -0.39 is 6.04 Å². The van der Waals surface area contributed by atoms with Crippen LogP contribution in [0.1, 0.15) is 54.4 Å². The van der Waals surface area contributed by atoms with Gasteiger partial charge >= 0.3 is 0 Å². The van der Waals surface area contributed by atoms with E-state index in [4.69, 9.17) is 11.6 Å². The van der Waals surface area contributed by atoms with Gasteiger partial charge in [-0.25, -0.2) is 4.98 Å². The Morgan fingerprint density at radius 2 is 2.00 bits per heavy atom. The summed E-state index contributed by atoms with van der Waals surface area (Å²) in [5.74, 6) is 0.666. The number of rotatable bonds is 5. The second-order valence-corrected chi connectivity index (χ2v) is 8.07. The van der Waals surface area contributed by atoms with Gasteiger partial charge in [0.15, 0.2) is 0 Å². The molecule has 1 aromatic heterocycles. The SMILES string of the molecule is O=C(Nc1ccccn1)[C@@H](CC1CCCCC1)N1Cc2c(Cl)cccc2C1=O. The van der Waals surface area contributed by atoms with Crippen molar-refractivity contribution in [3.05, 3.63) is 58.7 Å². The van der Waals surface area contributed by atoms with E-state index in [1.54, 1.807) is 41.4 Å². The molecule has 1 saturated carbocycles. The lowest BCUT2D eigenvalue weighted by atomic mass is 9.84. The highest BCUT2D eigenvalue weighted by Gasteiger charge is 2.38. The number of anilines is 1. The van der Waals surface area contributed by atoms with Crippen LogP contribution in [0.5, 0.6) is 0 Å². The van der Waals surface area contributed by atoms with Gasteiger partial charge in [-0.2, -0.15) is 0 Å². The Morgan fingerprint density at radius 3 is 2.71 bits per heavy atom. The smallest absolute Gasteiger partial charge is 0.255 e. The zero-order chi connectivity index (χ0) is 19.5. The van der Waals surface area contributed by atoms with Gasteiger partial charge in [0.25, 0.3) is 5.91 Å². The first kappa shape index (κ1) is 18.9. The lowest BCUT2D eigenvalue weighted by Crippen LogP contribution is -2.45. The number of nitrogens with one attached hydrogen (secondary N) is 1. The zero-order valence-corrected chi connectivity index (χ0v) is 16.5. The van der Waals surface area contributed by atoms with Gasteiger partial charge in [-0.1, -0.05) is 55.8 Å². The predicted molar refractivity (Wildman–Crippen MR) is 109 cm³/mol. The lowest BCUT2D eigenvalue weighted by Gasteiger charge is -2.31. The molecule has 28 heavy (non-hydrogen) atoms. The second-order valence-electron chi connectivity index (χ2n) is 7.66. The molecule has 0 unspecified atom stereocenters. The van der Waals surface area contributed by atoms with Crippen LogP contribution in [0.4, 0.5) is 5.82 Å². The van der Waals surface area contributed by atoms with Gasteiger partial charge in [0, 0.05) is 28.9 Å². The van der Waals surface area contributed by atoms with Crippen molar-refractivity contribution in [1.29, 1.82) is 0 Å². The van der Waals surface area contributed by atoms with Crippen LogP contribution in [0.25, 0.3) is 0 Å². The van der Waals surface area contributed by atoms with Crippen molar-refractivity contribution >= 4 is 29.2 Å². The van der Waals surface area contributed by atoms with Crippen molar-refractivity contribution in [3.8, 4) is 0 Å². The molecule has 5 nitrogen and oxygen atoms in total. The summed E-state index contributed by atoms with van der Waals surface area (Å²) in [6.45, 7) is 0.376. The first-order valence-electron chi connectivity index (χ1n) is 9.93. The quantitative estimate of drug-likeness (QED) is 0.797. The molecule has 2 amide bonds. The van der Waals surface area contributed by atoms with E-state index in [0.29, 0.717) is 35.3 Å². The van der Waals surface area contributed by atoms with Crippen molar-refractivity contribution in [3.63, 3.8) is 0 Å². The third kappa shape index (κ3) is 3.90. The number of carbonyl (C=O) groups excluding carboxylic acids is 2. The number of hydrogen-bond donors (Lipinski definition) is 1. The van der Waals surface area contributed by atoms with Crippen LogP contribution < -0.4 is 5.32 Å². The summed E-state index contributed by atoms with van der Waals surface area (Å²) in [4.78, 5) is 32.1. The fourth-order valence-corrected chi connectivity index (χ4v) is 4.56. The van der Waals surface area contributed by atoms with Crippen molar-refractivity contribution in [2.45, 2.75) is 51.1 Å². The van der Waals surface area contributed by atoms with E-state index in [-0.39, 0.29) is 11.8 Å². The molecule has 0 saturated heterocycles. The molecule has 1 aromatic carbocycles. The molecule has 1 N–H and O–H groups in total. The van der Waals surface area contributed by atoms with Gasteiger partial charge in [-0.3, -0.25) is 9.59 Å². The van der Waals surface area contributed by atoms with Crippen molar-refractivity contribution in [2.75, 3.05) is 5.32 Å². The molecule has 4 rings (SSSR count). The summed E-state index contributed by atoms with van der Waals surface area (Å²) >= 11 is 6.32. The largest absolute Gasteiger partial charge is 0.322 e. The highest BCUT2D eigenvalue weighted by molar-refractivity contribution is 6.32. The van der Waals surface area contributed by atoms with Gasteiger partial charge in [0.1, 0.15) is 11.9 Å². The van der Waals surface area contributed by atoms with Crippen LogP contribution in [-0.2, 0) is 11.3 Å². The standard InChI is InChI=1S/C22H24ClN3O2/c23-18-10-6-9-16-17(18)14-26(22(16)28)19(13-15-7-2-1-3-8-15)21(27)25-20-11-4-5-12-24-20/h4-6,9-12,15,19H,1-3,7-8,13-14H2,(H,24,25,27)/t19-/m1/s1. The van der Waals surface area contributed by atoms with Crippen LogP contribution in [0, 0.1) is 5.92 Å². The molecule has 2 aliphatic rings. The number of carbonyl (C=O) groups is 2. The first-order valence-corrected chi connectivity index (χ1v) is 10.3. The van der Waals surface area contributed by atoms with Gasteiger partial charge in [-0.05, 0) is 36.6 Å². The normalized spacial score (nSPS) is 18.0. The van der Waals surface area contributed by atoms with Gasteiger partial charge in [0.05, 0.1) is 0 Å². The van der Waals surface area contributed by atoms with Gasteiger partial charge in [-0.15, -0.1) is 0 Å².